The van der Waals surface area contributed by atoms with Crippen LogP contribution in [-0.2, 0) is 21.2 Å². The zero-order valence-electron chi connectivity index (χ0n) is 18.0. The van der Waals surface area contributed by atoms with Crippen LogP contribution in [-0.4, -0.2) is 40.8 Å². The van der Waals surface area contributed by atoms with Gasteiger partial charge in [0, 0.05) is 6.54 Å². The van der Waals surface area contributed by atoms with Crippen LogP contribution in [0.15, 0.2) is 66.7 Å². The molecular weight excluding hydrogens is 412 g/mol. The van der Waals surface area contributed by atoms with Crippen LogP contribution in [0.5, 0.6) is 5.75 Å². The highest BCUT2D eigenvalue weighted by Crippen LogP contribution is 2.29. The number of hydrogen-bond donors (Lipinski definition) is 1. The maximum Gasteiger partial charge on any atom is 0.240 e. The van der Waals surface area contributed by atoms with E-state index in [0.29, 0.717) is 18.0 Å². The van der Waals surface area contributed by atoms with Crippen molar-refractivity contribution >= 4 is 32.4 Å². The van der Waals surface area contributed by atoms with E-state index < -0.39 is 10.0 Å². The second kappa shape index (κ2) is 9.83. The maximum atomic E-state index is 12.6. The Bertz CT molecular complexity index is 1160. The summed E-state index contributed by atoms with van der Waals surface area (Å²) in [4.78, 5) is 12.6. The van der Waals surface area contributed by atoms with E-state index in [-0.39, 0.29) is 18.4 Å². The summed E-state index contributed by atoms with van der Waals surface area (Å²) in [7, 11) is -2.20. The minimum Gasteiger partial charge on any atom is -0.495 e. The largest absolute Gasteiger partial charge is 0.495 e. The maximum absolute atomic E-state index is 12.6. The molecule has 0 aliphatic heterocycles. The molecule has 0 spiro atoms. The number of nitrogens with one attached hydrogen (secondary N) is 1. The van der Waals surface area contributed by atoms with Gasteiger partial charge in [0.2, 0.25) is 15.9 Å². The van der Waals surface area contributed by atoms with Crippen LogP contribution in [0, 0.1) is 5.92 Å². The molecule has 0 heterocycles. The number of carbonyl (C=O) groups is 1. The van der Waals surface area contributed by atoms with Gasteiger partial charge in [-0.2, -0.15) is 0 Å². The average molecular weight is 441 g/mol. The van der Waals surface area contributed by atoms with Crippen molar-refractivity contribution in [2.24, 2.45) is 5.92 Å². The van der Waals surface area contributed by atoms with Crippen LogP contribution in [0.1, 0.15) is 12.5 Å². The molecule has 0 fully saturated rings. The summed E-state index contributed by atoms with van der Waals surface area (Å²) in [5.41, 5.74) is 1.57. The summed E-state index contributed by atoms with van der Waals surface area (Å²) in [6.45, 7) is 2.21. The van der Waals surface area contributed by atoms with Gasteiger partial charge in [-0.3, -0.25) is 9.10 Å². The van der Waals surface area contributed by atoms with Crippen molar-refractivity contribution in [3.8, 4) is 5.75 Å². The number of nitrogens with zero attached hydrogens (tertiary/aromatic N) is 1. The molecule has 3 rings (SSSR count). The molecule has 6 nitrogen and oxygen atoms in total. The van der Waals surface area contributed by atoms with Gasteiger partial charge >= 0.3 is 0 Å². The van der Waals surface area contributed by atoms with Crippen molar-refractivity contribution in [3.05, 3.63) is 72.3 Å². The first kappa shape index (κ1) is 22.6. The Labute approximate surface area is 183 Å². The van der Waals surface area contributed by atoms with Gasteiger partial charge < -0.3 is 10.1 Å². The van der Waals surface area contributed by atoms with Gasteiger partial charge in [-0.1, -0.05) is 61.5 Å². The van der Waals surface area contributed by atoms with E-state index in [1.165, 1.54) is 23.4 Å². The van der Waals surface area contributed by atoms with E-state index in [4.69, 9.17) is 4.74 Å². The van der Waals surface area contributed by atoms with Gasteiger partial charge in [0.25, 0.3) is 0 Å². The predicted molar refractivity (Wildman–Crippen MR) is 125 cm³/mol. The molecule has 31 heavy (non-hydrogen) atoms. The lowest BCUT2D eigenvalue weighted by Crippen LogP contribution is -2.41. The molecular formula is C24H28N2O4S. The molecule has 0 saturated carbocycles. The molecule has 0 radical (unpaired) electrons. The van der Waals surface area contributed by atoms with E-state index in [1.54, 1.807) is 24.3 Å². The lowest BCUT2D eigenvalue weighted by Gasteiger charge is -2.24. The topological polar surface area (TPSA) is 75.7 Å². The Morgan fingerprint density at radius 3 is 2.45 bits per heavy atom. The Morgan fingerprint density at radius 1 is 1.03 bits per heavy atom. The molecule has 1 atom stereocenters. The molecule has 3 aromatic carbocycles. The van der Waals surface area contributed by atoms with E-state index >= 15 is 0 Å². The van der Waals surface area contributed by atoms with Crippen LogP contribution in [0.4, 0.5) is 5.69 Å². The molecule has 0 aliphatic carbocycles. The third-order valence-corrected chi connectivity index (χ3v) is 6.26. The summed E-state index contributed by atoms with van der Waals surface area (Å²) in [6.07, 6.45) is 1.89. The van der Waals surface area contributed by atoms with Gasteiger partial charge in [0.05, 0.1) is 19.1 Å². The van der Waals surface area contributed by atoms with Crippen LogP contribution in [0.2, 0.25) is 0 Å². The van der Waals surface area contributed by atoms with E-state index in [0.717, 1.165) is 17.0 Å². The Morgan fingerprint density at radius 2 is 1.71 bits per heavy atom. The summed E-state index contributed by atoms with van der Waals surface area (Å²) < 4.78 is 31.0. The highest BCUT2D eigenvalue weighted by atomic mass is 32.2. The highest BCUT2D eigenvalue weighted by molar-refractivity contribution is 7.92. The minimum absolute atomic E-state index is 0.188. The molecule has 0 bridgehead atoms. The number of amides is 1. The molecule has 3 aromatic rings. The first-order valence-corrected chi connectivity index (χ1v) is 12.0. The highest BCUT2D eigenvalue weighted by Gasteiger charge is 2.23. The standard InChI is InChI=1S/C24H28N2O4S/c1-18(15-20-11-8-10-19-9-4-5-12-21(19)20)16-25-24(27)17-26(31(3,28)29)22-13-6-7-14-23(22)30-2/h4-14,18H,15-17H2,1-3H3,(H,25,27). The Kier molecular flexibility index (Phi) is 7.17. The van der Waals surface area contributed by atoms with Crippen LogP contribution < -0.4 is 14.4 Å². The van der Waals surface area contributed by atoms with E-state index in [9.17, 15) is 13.2 Å². The second-order valence-corrected chi connectivity index (χ2v) is 9.60. The van der Waals surface area contributed by atoms with Crippen molar-refractivity contribution in [3.63, 3.8) is 0 Å². The third-order valence-electron chi connectivity index (χ3n) is 5.14. The number of anilines is 1. The zero-order valence-corrected chi connectivity index (χ0v) is 18.9. The van der Waals surface area contributed by atoms with Gasteiger partial charge in [-0.15, -0.1) is 0 Å². The number of sulfonamides is 1. The van der Waals surface area contributed by atoms with Crippen LogP contribution >= 0.6 is 0 Å². The smallest absolute Gasteiger partial charge is 0.240 e. The number of para-hydroxylation sites is 2. The summed E-state index contributed by atoms with van der Waals surface area (Å²) in [5.74, 6) is 0.221. The molecule has 0 aromatic heterocycles. The molecule has 0 saturated heterocycles. The molecule has 164 valence electrons. The molecule has 1 amide bonds. The van der Waals surface area contributed by atoms with Crippen LogP contribution in [0.25, 0.3) is 10.8 Å². The van der Waals surface area contributed by atoms with Crippen LogP contribution in [0.3, 0.4) is 0 Å². The number of benzene rings is 3. The molecule has 1 unspecified atom stereocenters. The lowest BCUT2D eigenvalue weighted by atomic mass is 9.96. The Hall–Kier alpha value is -3.06. The number of carbonyl (C=O) groups excluding carboxylic acids is 1. The van der Waals surface area contributed by atoms with Crippen molar-refractivity contribution in [2.45, 2.75) is 13.3 Å². The second-order valence-electron chi connectivity index (χ2n) is 7.69. The molecule has 0 aliphatic rings. The predicted octanol–water partition coefficient (Wildman–Crippen LogP) is 3.61. The fraction of sp³-hybridized carbons (Fsp3) is 0.292. The normalized spacial score (nSPS) is 12.4. The SMILES string of the molecule is COc1ccccc1N(CC(=O)NCC(C)Cc1cccc2ccccc12)S(C)(=O)=O. The number of fused-ring (bicyclic) bond motifs is 1. The quantitative estimate of drug-likeness (QED) is 0.552. The molecule has 7 heteroatoms. The van der Waals surface area contributed by atoms with Gasteiger partial charge in [0.15, 0.2) is 0 Å². The molecule has 1 N–H and O–H groups in total. The third kappa shape index (κ3) is 5.76. The number of methoxy groups -OCH3 is 1. The Balaban J connectivity index is 1.65. The van der Waals surface area contributed by atoms with E-state index in [1.807, 2.05) is 18.2 Å². The summed E-state index contributed by atoms with van der Waals surface area (Å²) in [5, 5.41) is 5.28. The number of rotatable bonds is 9. The fourth-order valence-electron chi connectivity index (χ4n) is 3.61. The monoisotopic (exact) mass is 440 g/mol. The number of hydrogen-bond acceptors (Lipinski definition) is 4. The first-order chi connectivity index (χ1) is 14.8. The van der Waals surface area contributed by atoms with Gasteiger partial charge in [-0.25, -0.2) is 8.42 Å². The van der Waals surface area contributed by atoms with Gasteiger partial charge in [-0.05, 0) is 40.8 Å². The summed E-state index contributed by atoms with van der Waals surface area (Å²) >= 11 is 0. The van der Waals surface area contributed by atoms with E-state index in [2.05, 4.69) is 36.5 Å². The van der Waals surface area contributed by atoms with Crippen molar-refractivity contribution in [1.82, 2.24) is 5.32 Å². The first-order valence-electron chi connectivity index (χ1n) is 10.1. The average Bonchev–Trinajstić information content (AvgIpc) is 2.75. The minimum atomic E-state index is -3.66. The summed E-state index contributed by atoms with van der Waals surface area (Å²) in [6, 6.07) is 21.2. The van der Waals surface area contributed by atoms with Crippen molar-refractivity contribution in [1.29, 1.82) is 0 Å². The van der Waals surface area contributed by atoms with Crippen molar-refractivity contribution < 1.29 is 17.9 Å². The zero-order chi connectivity index (χ0) is 22.4. The van der Waals surface area contributed by atoms with Gasteiger partial charge in [0.1, 0.15) is 12.3 Å². The lowest BCUT2D eigenvalue weighted by molar-refractivity contribution is -0.119. The van der Waals surface area contributed by atoms with Crippen molar-refractivity contribution in [2.75, 3.05) is 30.8 Å². The number of ether oxygens (including phenoxy) is 1. The fourth-order valence-corrected chi connectivity index (χ4v) is 4.47.